The summed E-state index contributed by atoms with van der Waals surface area (Å²) in [6.07, 6.45) is 4.91. The van der Waals surface area contributed by atoms with Crippen molar-refractivity contribution in [2.75, 3.05) is 32.8 Å². The molecule has 6 heteroatoms. The number of hydrogen-bond donors (Lipinski definition) is 0. The zero-order valence-electron chi connectivity index (χ0n) is 14.0. The van der Waals surface area contributed by atoms with Crippen LogP contribution in [0.1, 0.15) is 43.3 Å². The number of carbonyl (C=O) groups is 1. The number of nitrogens with zero attached hydrogens (tertiary/aromatic N) is 3. The molecule has 0 unspecified atom stereocenters. The molecular formula is C17H27N3O2S. The van der Waals surface area contributed by atoms with Crippen LogP contribution in [0, 0.1) is 0 Å². The molecule has 0 aliphatic carbocycles. The Kier molecular flexibility index (Phi) is 6.02. The van der Waals surface area contributed by atoms with Crippen molar-refractivity contribution < 1.29 is 9.53 Å². The van der Waals surface area contributed by atoms with Crippen LogP contribution in [0.2, 0.25) is 0 Å². The van der Waals surface area contributed by atoms with Crippen LogP contribution in [-0.4, -0.2) is 59.6 Å². The molecule has 1 atom stereocenters. The molecule has 0 radical (unpaired) electrons. The van der Waals surface area contributed by atoms with Gasteiger partial charge < -0.3 is 9.64 Å². The van der Waals surface area contributed by atoms with Gasteiger partial charge in [0.15, 0.2) is 0 Å². The first-order valence-corrected chi connectivity index (χ1v) is 9.67. The molecule has 0 N–H and O–H groups in total. The Hall–Kier alpha value is -0.980. The van der Waals surface area contributed by atoms with Crippen molar-refractivity contribution in [2.45, 2.75) is 51.7 Å². The molecule has 1 amide bonds. The van der Waals surface area contributed by atoms with Gasteiger partial charge in [-0.2, -0.15) is 0 Å². The number of rotatable bonds is 5. The maximum Gasteiger partial charge on any atom is 0.225 e. The van der Waals surface area contributed by atoms with Crippen molar-refractivity contribution in [3.05, 3.63) is 16.1 Å². The van der Waals surface area contributed by atoms with Gasteiger partial charge in [-0.05, 0) is 25.7 Å². The van der Waals surface area contributed by atoms with E-state index in [4.69, 9.17) is 4.74 Å². The number of ether oxygens (including phenoxy) is 1. The second kappa shape index (κ2) is 8.22. The van der Waals surface area contributed by atoms with Gasteiger partial charge in [0.25, 0.3) is 0 Å². The fraction of sp³-hybridized carbons (Fsp3) is 0.765. The Labute approximate surface area is 142 Å². The highest BCUT2D eigenvalue weighted by molar-refractivity contribution is 7.09. The number of thiazole rings is 1. The molecule has 0 spiro atoms. The summed E-state index contributed by atoms with van der Waals surface area (Å²) >= 11 is 1.75. The lowest BCUT2D eigenvalue weighted by atomic mass is 10.1. The Morgan fingerprint density at radius 2 is 2.26 bits per heavy atom. The molecule has 3 rings (SSSR count). The first kappa shape index (κ1) is 16.9. The van der Waals surface area contributed by atoms with Crippen molar-refractivity contribution in [3.8, 4) is 0 Å². The molecule has 0 bridgehead atoms. The van der Waals surface area contributed by atoms with Gasteiger partial charge in [-0.15, -0.1) is 11.3 Å². The molecule has 2 saturated heterocycles. The van der Waals surface area contributed by atoms with Crippen LogP contribution in [0.15, 0.2) is 5.38 Å². The van der Waals surface area contributed by atoms with E-state index in [0.29, 0.717) is 6.42 Å². The molecule has 5 nitrogen and oxygen atoms in total. The van der Waals surface area contributed by atoms with Gasteiger partial charge in [0.05, 0.1) is 23.2 Å². The molecule has 0 saturated carbocycles. The van der Waals surface area contributed by atoms with Crippen LogP contribution in [-0.2, 0) is 22.5 Å². The zero-order valence-corrected chi connectivity index (χ0v) is 14.8. The van der Waals surface area contributed by atoms with Gasteiger partial charge in [-0.3, -0.25) is 9.69 Å². The fourth-order valence-electron chi connectivity index (χ4n) is 3.32. The van der Waals surface area contributed by atoms with Crippen LogP contribution in [0.25, 0.3) is 0 Å². The number of aromatic nitrogens is 1. The first-order chi connectivity index (χ1) is 11.2. The number of amides is 1. The Bertz CT molecular complexity index is 514. The van der Waals surface area contributed by atoms with E-state index in [1.165, 1.54) is 10.7 Å². The minimum atomic E-state index is 0.157. The molecule has 2 fully saturated rings. The highest BCUT2D eigenvalue weighted by Crippen LogP contribution is 2.18. The van der Waals surface area contributed by atoms with Crippen LogP contribution in [0.3, 0.4) is 0 Å². The SMILES string of the molecule is CCc1nc(CN2CCCN(C(=O)C[C@@H]3CCCO3)CC2)cs1. The third-order valence-electron chi connectivity index (χ3n) is 4.65. The van der Waals surface area contributed by atoms with Gasteiger partial charge in [-0.1, -0.05) is 6.92 Å². The Morgan fingerprint density at radius 1 is 1.35 bits per heavy atom. The van der Waals surface area contributed by atoms with E-state index in [1.807, 2.05) is 4.90 Å². The summed E-state index contributed by atoms with van der Waals surface area (Å²) in [7, 11) is 0. The predicted octanol–water partition coefficient (Wildman–Crippen LogP) is 2.31. The van der Waals surface area contributed by atoms with Crippen LogP contribution in [0.5, 0.6) is 0 Å². The molecule has 2 aliphatic heterocycles. The molecular weight excluding hydrogens is 310 g/mol. The summed E-state index contributed by atoms with van der Waals surface area (Å²) in [6.45, 7) is 7.56. The average Bonchev–Trinajstić information content (AvgIpc) is 3.16. The maximum absolute atomic E-state index is 12.4. The Balaban J connectivity index is 1.47. The van der Waals surface area contributed by atoms with E-state index in [1.54, 1.807) is 11.3 Å². The number of hydrogen-bond acceptors (Lipinski definition) is 5. The number of carbonyl (C=O) groups excluding carboxylic acids is 1. The topological polar surface area (TPSA) is 45.7 Å². The van der Waals surface area contributed by atoms with E-state index in [-0.39, 0.29) is 12.0 Å². The van der Waals surface area contributed by atoms with Gasteiger partial charge in [0.2, 0.25) is 5.91 Å². The summed E-state index contributed by atoms with van der Waals surface area (Å²) in [5, 5.41) is 3.38. The second-order valence-electron chi connectivity index (χ2n) is 6.44. The largest absolute Gasteiger partial charge is 0.378 e. The average molecular weight is 337 g/mol. The number of aryl methyl sites for hydroxylation is 1. The van der Waals surface area contributed by atoms with Gasteiger partial charge in [0, 0.05) is 44.7 Å². The van der Waals surface area contributed by atoms with E-state index in [9.17, 15) is 4.79 Å². The van der Waals surface area contributed by atoms with Crippen molar-refractivity contribution in [3.63, 3.8) is 0 Å². The van der Waals surface area contributed by atoms with Crippen LogP contribution < -0.4 is 0 Å². The highest BCUT2D eigenvalue weighted by Gasteiger charge is 2.24. The van der Waals surface area contributed by atoms with E-state index >= 15 is 0 Å². The highest BCUT2D eigenvalue weighted by atomic mass is 32.1. The smallest absolute Gasteiger partial charge is 0.225 e. The maximum atomic E-state index is 12.4. The van der Waals surface area contributed by atoms with Crippen molar-refractivity contribution >= 4 is 17.2 Å². The molecule has 23 heavy (non-hydrogen) atoms. The van der Waals surface area contributed by atoms with Gasteiger partial charge in [-0.25, -0.2) is 4.98 Å². The Morgan fingerprint density at radius 3 is 3.00 bits per heavy atom. The van der Waals surface area contributed by atoms with E-state index in [2.05, 4.69) is 22.2 Å². The lowest BCUT2D eigenvalue weighted by Gasteiger charge is -2.22. The van der Waals surface area contributed by atoms with E-state index in [0.717, 1.165) is 65.0 Å². The lowest BCUT2D eigenvalue weighted by molar-refractivity contribution is -0.133. The quantitative estimate of drug-likeness (QED) is 0.827. The lowest BCUT2D eigenvalue weighted by Crippen LogP contribution is -2.36. The van der Waals surface area contributed by atoms with Gasteiger partial charge in [0.1, 0.15) is 0 Å². The predicted molar refractivity (Wildman–Crippen MR) is 91.6 cm³/mol. The first-order valence-electron chi connectivity index (χ1n) is 8.79. The summed E-state index contributed by atoms with van der Waals surface area (Å²) in [5.41, 5.74) is 1.17. The third kappa shape index (κ3) is 4.75. The zero-order chi connectivity index (χ0) is 16.1. The molecule has 3 heterocycles. The molecule has 2 aliphatic rings. The molecule has 1 aromatic heterocycles. The minimum Gasteiger partial charge on any atom is -0.378 e. The summed E-state index contributed by atoms with van der Waals surface area (Å²) in [5.74, 6) is 0.265. The monoisotopic (exact) mass is 337 g/mol. The van der Waals surface area contributed by atoms with E-state index < -0.39 is 0 Å². The summed E-state index contributed by atoms with van der Waals surface area (Å²) < 4.78 is 5.59. The van der Waals surface area contributed by atoms with Crippen molar-refractivity contribution in [1.82, 2.24) is 14.8 Å². The molecule has 1 aromatic rings. The van der Waals surface area contributed by atoms with Crippen LogP contribution >= 0.6 is 11.3 Å². The standard InChI is InChI=1S/C17H27N3O2S/c1-2-16-18-14(13-23-16)12-19-6-4-7-20(9-8-19)17(21)11-15-5-3-10-22-15/h13,15H,2-12H2,1H3/t15-/m0/s1. The van der Waals surface area contributed by atoms with Crippen molar-refractivity contribution in [2.24, 2.45) is 0 Å². The van der Waals surface area contributed by atoms with Crippen LogP contribution in [0.4, 0.5) is 0 Å². The normalized spacial score (nSPS) is 23.2. The third-order valence-corrected chi connectivity index (χ3v) is 5.70. The molecule has 128 valence electrons. The second-order valence-corrected chi connectivity index (χ2v) is 7.38. The molecule has 0 aromatic carbocycles. The van der Waals surface area contributed by atoms with Crippen molar-refractivity contribution in [1.29, 1.82) is 0 Å². The fourth-order valence-corrected chi connectivity index (χ4v) is 4.06. The summed E-state index contributed by atoms with van der Waals surface area (Å²) in [4.78, 5) is 21.5. The van der Waals surface area contributed by atoms with Gasteiger partial charge >= 0.3 is 0 Å². The minimum absolute atomic E-state index is 0.157. The summed E-state index contributed by atoms with van der Waals surface area (Å²) in [6, 6.07) is 0.